The van der Waals surface area contributed by atoms with Crippen molar-refractivity contribution >= 4 is 54.0 Å². The van der Waals surface area contributed by atoms with Gasteiger partial charge < -0.3 is 5.41 Å². The largest absolute Gasteiger partial charge is 0.308 e. The van der Waals surface area contributed by atoms with Gasteiger partial charge >= 0.3 is 0 Å². The minimum atomic E-state index is 0.741. The Bertz CT molecular complexity index is 473. The highest BCUT2D eigenvalue weighted by atomic mass is 32.2. The van der Waals surface area contributed by atoms with Crippen molar-refractivity contribution in [2.24, 2.45) is 0 Å². The molecule has 0 bridgehead atoms. The minimum absolute atomic E-state index is 0.741. The maximum Gasteiger partial charge on any atom is 0.160 e. The molecule has 0 spiro atoms. The molecule has 0 atom stereocenters. The average molecular weight is 255 g/mol. The van der Waals surface area contributed by atoms with E-state index in [-0.39, 0.29) is 0 Å². The molecule has 1 aromatic rings. The Morgan fingerprint density at radius 3 is 2.67 bits per heavy atom. The van der Waals surface area contributed by atoms with E-state index in [9.17, 15) is 4.79 Å². The van der Waals surface area contributed by atoms with Gasteiger partial charge in [0.2, 0.25) is 0 Å². The zero-order valence-corrected chi connectivity index (χ0v) is 10.4. The first kappa shape index (κ1) is 11.0. The van der Waals surface area contributed by atoms with E-state index in [1.54, 1.807) is 0 Å². The number of thiophene rings is 1. The maximum atomic E-state index is 10.8. The first-order valence-corrected chi connectivity index (χ1v) is 6.13. The van der Waals surface area contributed by atoms with Crippen LogP contribution in [0.1, 0.15) is 27.2 Å². The molecule has 1 aromatic heterocycles. The summed E-state index contributed by atoms with van der Waals surface area (Å²) in [6, 6.07) is 0. The van der Waals surface area contributed by atoms with E-state index in [0.29, 0.717) is 0 Å². The first-order chi connectivity index (χ1) is 7.19. The summed E-state index contributed by atoms with van der Waals surface area (Å²) in [7, 11) is 0. The number of fused-ring (bicyclic) bond motifs is 1. The number of thiol groups is 2. The summed E-state index contributed by atoms with van der Waals surface area (Å²) >= 11 is 10.1. The van der Waals surface area contributed by atoms with Crippen LogP contribution >= 0.6 is 36.6 Å². The van der Waals surface area contributed by atoms with Gasteiger partial charge in [-0.3, -0.25) is 4.79 Å². The molecule has 5 heteroatoms. The fraction of sp³-hybridized carbons (Fsp3) is 0.200. The molecule has 0 aliphatic heterocycles. The summed E-state index contributed by atoms with van der Waals surface area (Å²) in [5.74, 6) is 0. The smallest absolute Gasteiger partial charge is 0.160 e. The molecule has 0 saturated heterocycles. The summed E-state index contributed by atoms with van der Waals surface area (Å²) in [6.45, 7) is 0. The second-order valence-electron chi connectivity index (χ2n) is 3.26. The van der Waals surface area contributed by atoms with E-state index in [1.807, 2.05) is 0 Å². The predicted octanol–water partition coefficient (Wildman–Crippen LogP) is 3.09. The summed E-state index contributed by atoms with van der Waals surface area (Å²) in [5.41, 5.74) is 2.89. The van der Waals surface area contributed by atoms with Crippen molar-refractivity contribution in [3.05, 3.63) is 21.6 Å². The molecule has 0 amide bonds. The minimum Gasteiger partial charge on any atom is -0.308 e. The molecule has 0 aromatic carbocycles. The van der Waals surface area contributed by atoms with Gasteiger partial charge in [-0.15, -0.1) is 36.6 Å². The molecular formula is C10H9NOS3. The second kappa shape index (κ2) is 4.15. The van der Waals surface area contributed by atoms with Gasteiger partial charge in [-0.1, -0.05) is 0 Å². The summed E-state index contributed by atoms with van der Waals surface area (Å²) in [5, 5.41) is 7.27. The number of hydrogen-bond donors (Lipinski definition) is 3. The maximum absolute atomic E-state index is 10.8. The van der Waals surface area contributed by atoms with Crippen LogP contribution in [0.25, 0.3) is 4.91 Å². The van der Waals surface area contributed by atoms with E-state index >= 15 is 0 Å². The van der Waals surface area contributed by atoms with Gasteiger partial charge in [-0.25, -0.2) is 0 Å². The second-order valence-corrected chi connectivity index (χ2v) is 5.51. The monoisotopic (exact) mass is 255 g/mol. The number of allylic oxidation sites excluding steroid dienone is 1. The lowest BCUT2D eigenvalue weighted by atomic mass is 9.94. The van der Waals surface area contributed by atoms with Gasteiger partial charge in [0.05, 0.1) is 9.09 Å². The molecule has 1 aliphatic carbocycles. The van der Waals surface area contributed by atoms with Crippen molar-refractivity contribution < 1.29 is 4.79 Å². The van der Waals surface area contributed by atoms with Gasteiger partial charge in [-0.05, 0) is 24.0 Å². The molecular weight excluding hydrogens is 246 g/mol. The van der Waals surface area contributed by atoms with Gasteiger partial charge in [0.15, 0.2) is 6.29 Å². The van der Waals surface area contributed by atoms with Crippen LogP contribution in [0.5, 0.6) is 0 Å². The summed E-state index contributed by atoms with van der Waals surface area (Å²) in [6.07, 6.45) is 3.78. The first-order valence-electron chi connectivity index (χ1n) is 4.41. The molecule has 2 rings (SSSR count). The van der Waals surface area contributed by atoms with Crippen molar-refractivity contribution in [3.63, 3.8) is 0 Å². The number of rotatable bonds is 2. The van der Waals surface area contributed by atoms with E-state index in [2.05, 4.69) is 25.3 Å². The quantitative estimate of drug-likeness (QED) is 0.424. The Labute approximate surface area is 103 Å². The number of nitrogens with one attached hydrogen (secondary N) is 1. The van der Waals surface area contributed by atoms with Crippen LogP contribution in [0.3, 0.4) is 0 Å². The highest BCUT2D eigenvalue weighted by molar-refractivity contribution is 7.90. The highest BCUT2D eigenvalue weighted by Crippen LogP contribution is 2.42. The van der Waals surface area contributed by atoms with Crippen LogP contribution in [-0.4, -0.2) is 12.5 Å². The highest BCUT2D eigenvalue weighted by Gasteiger charge is 2.23. The average Bonchev–Trinajstić information content (AvgIpc) is 2.56. The van der Waals surface area contributed by atoms with Gasteiger partial charge in [0.1, 0.15) is 0 Å². The van der Waals surface area contributed by atoms with Crippen LogP contribution < -0.4 is 0 Å². The van der Waals surface area contributed by atoms with E-state index < -0.39 is 0 Å². The molecule has 0 unspecified atom stereocenters. The van der Waals surface area contributed by atoms with Gasteiger partial charge in [0, 0.05) is 16.7 Å². The third-order valence-corrected chi connectivity index (χ3v) is 4.45. The van der Waals surface area contributed by atoms with E-state index in [1.165, 1.54) is 17.6 Å². The number of carbonyl (C=O) groups is 1. The summed E-state index contributed by atoms with van der Waals surface area (Å²) < 4.78 is 0.816. The van der Waals surface area contributed by atoms with E-state index in [0.717, 1.165) is 49.8 Å². The Balaban J connectivity index is 2.68. The van der Waals surface area contributed by atoms with Crippen molar-refractivity contribution in [1.82, 2.24) is 0 Å². The third-order valence-electron chi connectivity index (χ3n) is 2.49. The molecule has 0 radical (unpaired) electrons. The standard InChI is InChI=1S/C10H9NOS3/c11-3-5-1-2-6-7(4-12)15-10(14)8(6)9(5)13/h3-4,11,13-14H,1-2H2. The molecule has 1 heterocycles. The van der Waals surface area contributed by atoms with Gasteiger partial charge in [-0.2, -0.15) is 0 Å². The van der Waals surface area contributed by atoms with Crippen molar-refractivity contribution in [2.45, 2.75) is 17.1 Å². The molecule has 78 valence electrons. The normalized spacial score (nSPS) is 15.1. The van der Waals surface area contributed by atoms with Crippen molar-refractivity contribution in [1.29, 1.82) is 5.41 Å². The Morgan fingerprint density at radius 2 is 2.07 bits per heavy atom. The van der Waals surface area contributed by atoms with Crippen LogP contribution in [0.2, 0.25) is 0 Å². The van der Waals surface area contributed by atoms with Gasteiger partial charge in [0.25, 0.3) is 0 Å². The lowest BCUT2D eigenvalue weighted by molar-refractivity contribution is 0.112. The fourth-order valence-electron chi connectivity index (χ4n) is 1.74. The topological polar surface area (TPSA) is 40.9 Å². The Morgan fingerprint density at radius 1 is 1.33 bits per heavy atom. The van der Waals surface area contributed by atoms with Crippen molar-refractivity contribution in [2.75, 3.05) is 0 Å². The molecule has 0 fully saturated rings. The Hall–Kier alpha value is -0.520. The Kier molecular flexibility index (Phi) is 3.04. The van der Waals surface area contributed by atoms with Crippen LogP contribution in [0, 0.1) is 5.41 Å². The fourth-order valence-corrected chi connectivity index (χ4v) is 3.78. The third kappa shape index (κ3) is 1.68. The lowest BCUT2D eigenvalue weighted by Gasteiger charge is -2.15. The van der Waals surface area contributed by atoms with Crippen LogP contribution in [0.15, 0.2) is 9.78 Å². The SMILES string of the molecule is N=CC1=C(S)c2c(S)sc(C=O)c2CC1. The number of aldehydes is 1. The van der Waals surface area contributed by atoms with Crippen LogP contribution in [-0.2, 0) is 6.42 Å². The molecule has 15 heavy (non-hydrogen) atoms. The molecule has 1 aliphatic rings. The molecule has 0 saturated carbocycles. The van der Waals surface area contributed by atoms with Crippen LogP contribution in [0.4, 0.5) is 0 Å². The zero-order valence-electron chi connectivity index (χ0n) is 7.78. The molecule has 2 nitrogen and oxygen atoms in total. The number of carbonyl (C=O) groups excluding carboxylic acids is 1. The molecule has 1 N–H and O–H groups in total. The van der Waals surface area contributed by atoms with E-state index in [4.69, 9.17) is 5.41 Å². The predicted molar refractivity (Wildman–Crippen MR) is 70.0 cm³/mol. The van der Waals surface area contributed by atoms with Crippen molar-refractivity contribution in [3.8, 4) is 0 Å². The zero-order chi connectivity index (χ0) is 11.0. The number of hydrogen-bond acceptors (Lipinski definition) is 5. The summed E-state index contributed by atoms with van der Waals surface area (Å²) in [4.78, 5) is 12.4. The lowest BCUT2D eigenvalue weighted by Crippen LogP contribution is -2.02.